The third-order valence-corrected chi connectivity index (χ3v) is 3.78. The minimum atomic E-state index is 0.638. The summed E-state index contributed by atoms with van der Waals surface area (Å²) in [5, 5.41) is 9.62. The largest absolute Gasteiger partial charge is 0.245 e. The molecule has 0 radical (unpaired) electrons. The SMILES string of the molecule is N#Cc1ccc(Sc2ccncn2)c(Br)c1. The normalized spacial score (nSPS) is 9.75. The van der Waals surface area contributed by atoms with Crippen LogP contribution in [0.15, 0.2) is 51.2 Å². The molecule has 0 aliphatic carbocycles. The Labute approximate surface area is 106 Å². The van der Waals surface area contributed by atoms with Gasteiger partial charge in [-0.1, -0.05) is 11.8 Å². The van der Waals surface area contributed by atoms with Crippen LogP contribution in [0.3, 0.4) is 0 Å². The van der Waals surface area contributed by atoms with Gasteiger partial charge in [0, 0.05) is 15.6 Å². The first-order chi connectivity index (χ1) is 7.79. The van der Waals surface area contributed by atoms with Gasteiger partial charge in [0.25, 0.3) is 0 Å². The Balaban J connectivity index is 2.27. The van der Waals surface area contributed by atoms with Gasteiger partial charge in [0.2, 0.25) is 0 Å². The van der Waals surface area contributed by atoms with E-state index >= 15 is 0 Å². The van der Waals surface area contributed by atoms with E-state index in [1.807, 2.05) is 12.1 Å². The minimum absolute atomic E-state index is 0.638. The number of hydrogen-bond donors (Lipinski definition) is 0. The fourth-order valence-corrected chi connectivity index (χ4v) is 2.47. The smallest absolute Gasteiger partial charge is 0.116 e. The van der Waals surface area contributed by atoms with Crippen molar-refractivity contribution in [3.63, 3.8) is 0 Å². The van der Waals surface area contributed by atoms with E-state index in [4.69, 9.17) is 5.26 Å². The number of nitrogens with zero attached hydrogens (tertiary/aromatic N) is 3. The molecule has 1 aromatic heterocycles. The lowest BCUT2D eigenvalue weighted by Crippen LogP contribution is -1.82. The maximum Gasteiger partial charge on any atom is 0.116 e. The topological polar surface area (TPSA) is 49.6 Å². The van der Waals surface area contributed by atoms with Crippen molar-refractivity contribution in [2.75, 3.05) is 0 Å². The van der Waals surface area contributed by atoms with Crippen molar-refractivity contribution >= 4 is 27.7 Å². The van der Waals surface area contributed by atoms with Gasteiger partial charge in [-0.15, -0.1) is 0 Å². The fraction of sp³-hybridized carbons (Fsp3) is 0. The summed E-state index contributed by atoms with van der Waals surface area (Å²) in [6.07, 6.45) is 3.22. The highest BCUT2D eigenvalue weighted by Gasteiger charge is 2.04. The summed E-state index contributed by atoms with van der Waals surface area (Å²) in [4.78, 5) is 9.01. The van der Waals surface area contributed by atoms with E-state index in [0.717, 1.165) is 14.4 Å². The van der Waals surface area contributed by atoms with E-state index < -0.39 is 0 Å². The quantitative estimate of drug-likeness (QED) is 0.797. The van der Waals surface area contributed by atoms with Crippen LogP contribution < -0.4 is 0 Å². The summed E-state index contributed by atoms with van der Waals surface area (Å²) >= 11 is 4.96. The van der Waals surface area contributed by atoms with E-state index in [1.54, 1.807) is 18.3 Å². The molecule has 0 fully saturated rings. The molecule has 1 aromatic carbocycles. The Morgan fingerprint density at radius 1 is 1.31 bits per heavy atom. The predicted molar refractivity (Wildman–Crippen MR) is 65.0 cm³/mol. The molecule has 3 nitrogen and oxygen atoms in total. The van der Waals surface area contributed by atoms with Crippen molar-refractivity contribution < 1.29 is 0 Å². The van der Waals surface area contributed by atoms with Crippen LogP contribution in [-0.4, -0.2) is 9.97 Å². The zero-order valence-corrected chi connectivity index (χ0v) is 10.5. The maximum absolute atomic E-state index is 8.74. The molecule has 0 aliphatic heterocycles. The van der Waals surface area contributed by atoms with Gasteiger partial charge in [-0.05, 0) is 40.2 Å². The van der Waals surface area contributed by atoms with Gasteiger partial charge < -0.3 is 0 Å². The van der Waals surface area contributed by atoms with Crippen LogP contribution in [0.1, 0.15) is 5.56 Å². The van der Waals surface area contributed by atoms with E-state index in [2.05, 4.69) is 32.0 Å². The summed E-state index contributed by atoms with van der Waals surface area (Å²) in [6, 6.07) is 9.42. The molecular weight excluding hydrogens is 286 g/mol. The molecule has 0 amide bonds. The van der Waals surface area contributed by atoms with Crippen LogP contribution in [0.2, 0.25) is 0 Å². The Kier molecular flexibility index (Phi) is 3.54. The molecule has 78 valence electrons. The molecule has 16 heavy (non-hydrogen) atoms. The van der Waals surface area contributed by atoms with E-state index in [-0.39, 0.29) is 0 Å². The summed E-state index contributed by atoms with van der Waals surface area (Å²) in [7, 11) is 0. The van der Waals surface area contributed by atoms with Gasteiger partial charge in [0.05, 0.1) is 11.6 Å². The van der Waals surface area contributed by atoms with Crippen molar-refractivity contribution in [2.24, 2.45) is 0 Å². The van der Waals surface area contributed by atoms with Crippen LogP contribution in [0.5, 0.6) is 0 Å². The first-order valence-corrected chi connectivity index (χ1v) is 6.04. The van der Waals surface area contributed by atoms with Crippen LogP contribution in [-0.2, 0) is 0 Å². The lowest BCUT2D eigenvalue weighted by molar-refractivity contribution is 1.05. The van der Waals surface area contributed by atoms with Crippen molar-refractivity contribution in [3.8, 4) is 6.07 Å². The maximum atomic E-state index is 8.74. The number of aromatic nitrogens is 2. The Morgan fingerprint density at radius 3 is 2.81 bits per heavy atom. The van der Waals surface area contributed by atoms with Crippen LogP contribution >= 0.6 is 27.7 Å². The number of rotatable bonds is 2. The second kappa shape index (κ2) is 5.10. The average molecular weight is 292 g/mol. The molecule has 0 saturated carbocycles. The first kappa shape index (κ1) is 11.1. The number of nitriles is 1. The average Bonchev–Trinajstić information content (AvgIpc) is 2.33. The molecule has 1 heterocycles. The van der Waals surface area contributed by atoms with Crippen molar-refractivity contribution in [2.45, 2.75) is 9.92 Å². The molecule has 0 bridgehead atoms. The molecule has 0 unspecified atom stereocenters. The molecule has 0 spiro atoms. The highest BCUT2D eigenvalue weighted by atomic mass is 79.9. The molecular formula is C11H6BrN3S. The van der Waals surface area contributed by atoms with Crippen molar-refractivity contribution in [1.29, 1.82) is 5.26 Å². The van der Waals surface area contributed by atoms with Gasteiger partial charge in [0.1, 0.15) is 11.4 Å². The molecule has 0 saturated heterocycles. The Hall–Kier alpha value is -1.38. The van der Waals surface area contributed by atoms with Crippen molar-refractivity contribution in [3.05, 3.63) is 46.8 Å². The molecule has 2 rings (SSSR count). The van der Waals surface area contributed by atoms with Gasteiger partial charge in [-0.25, -0.2) is 9.97 Å². The summed E-state index contributed by atoms with van der Waals surface area (Å²) in [5.41, 5.74) is 0.638. The first-order valence-electron chi connectivity index (χ1n) is 4.43. The van der Waals surface area contributed by atoms with E-state index in [9.17, 15) is 0 Å². The lowest BCUT2D eigenvalue weighted by atomic mass is 10.2. The van der Waals surface area contributed by atoms with Crippen LogP contribution in [0.25, 0.3) is 0 Å². The van der Waals surface area contributed by atoms with E-state index in [0.29, 0.717) is 5.56 Å². The van der Waals surface area contributed by atoms with Crippen LogP contribution in [0.4, 0.5) is 0 Å². The summed E-state index contributed by atoms with van der Waals surface area (Å²) in [5.74, 6) is 0. The molecule has 0 aliphatic rings. The second-order valence-corrected chi connectivity index (χ2v) is 4.82. The fourth-order valence-electron chi connectivity index (χ4n) is 1.10. The van der Waals surface area contributed by atoms with Crippen molar-refractivity contribution in [1.82, 2.24) is 9.97 Å². The predicted octanol–water partition coefficient (Wildman–Crippen LogP) is 3.26. The third kappa shape index (κ3) is 2.60. The van der Waals surface area contributed by atoms with Gasteiger partial charge in [-0.2, -0.15) is 5.26 Å². The van der Waals surface area contributed by atoms with Gasteiger partial charge in [0.15, 0.2) is 0 Å². The third-order valence-electron chi connectivity index (χ3n) is 1.83. The summed E-state index contributed by atoms with van der Waals surface area (Å²) in [6.45, 7) is 0. The van der Waals surface area contributed by atoms with E-state index in [1.165, 1.54) is 18.1 Å². The Morgan fingerprint density at radius 2 is 2.19 bits per heavy atom. The lowest BCUT2D eigenvalue weighted by Gasteiger charge is -2.03. The standard InChI is InChI=1S/C11H6BrN3S/c12-9-5-8(6-13)1-2-10(9)16-11-3-4-14-7-15-11/h1-5,7H. The van der Waals surface area contributed by atoms with Gasteiger partial charge >= 0.3 is 0 Å². The molecule has 0 N–H and O–H groups in total. The highest BCUT2D eigenvalue weighted by Crippen LogP contribution is 2.32. The number of benzene rings is 1. The Bertz CT molecular complexity index is 537. The molecule has 5 heteroatoms. The zero-order chi connectivity index (χ0) is 11.4. The molecule has 0 atom stereocenters. The number of hydrogen-bond acceptors (Lipinski definition) is 4. The second-order valence-electron chi connectivity index (χ2n) is 2.91. The monoisotopic (exact) mass is 291 g/mol. The van der Waals surface area contributed by atoms with Crippen LogP contribution in [0, 0.1) is 11.3 Å². The number of halogens is 1. The summed E-state index contributed by atoms with van der Waals surface area (Å²) < 4.78 is 0.898. The van der Waals surface area contributed by atoms with Gasteiger partial charge in [-0.3, -0.25) is 0 Å². The zero-order valence-electron chi connectivity index (χ0n) is 8.09. The minimum Gasteiger partial charge on any atom is -0.245 e. The molecule has 2 aromatic rings. The highest BCUT2D eigenvalue weighted by molar-refractivity contribution is 9.10.